The predicted molar refractivity (Wildman–Crippen MR) is 94.5 cm³/mol. The number of pyridine rings is 1. The second kappa shape index (κ2) is 7.16. The number of hydrogen-bond donors (Lipinski definition) is 0. The molecule has 1 fully saturated rings. The van der Waals surface area contributed by atoms with Crippen LogP contribution in [0, 0.1) is 5.92 Å². The summed E-state index contributed by atoms with van der Waals surface area (Å²) in [5.41, 5.74) is 3.25. The van der Waals surface area contributed by atoms with E-state index in [2.05, 4.69) is 36.1 Å². The van der Waals surface area contributed by atoms with Gasteiger partial charge in [0, 0.05) is 38.4 Å². The Morgan fingerprint density at radius 1 is 1.33 bits per heavy atom. The summed E-state index contributed by atoms with van der Waals surface area (Å²) in [5, 5.41) is 4.37. The van der Waals surface area contributed by atoms with Crippen LogP contribution in [0.1, 0.15) is 45.2 Å². The monoisotopic (exact) mass is 326 g/mol. The van der Waals surface area contributed by atoms with Gasteiger partial charge in [-0.2, -0.15) is 5.10 Å². The van der Waals surface area contributed by atoms with Crippen LogP contribution < -0.4 is 0 Å². The molecule has 0 bridgehead atoms. The van der Waals surface area contributed by atoms with Crippen molar-refractivity contribution in [3.63, 3.8) is 0 Å². The van der Waals surface area contributed by atoms with Crippen LogP contribution in [0.4, 0.5) is 0 Å². The van der Waals surface area contributed by atoms with Crippen molar-refractivity contribution in [1.82, 2.24) is 19.7 Å². The van der Waals surface area contributed by atoms with E-state index in [-0.39, 0.29) is 5.91 Å². The molecule has 1 aliphatic heterocycles. The summed E-state index contributed by atoms with van der Waals surface area (Å²) >= 11 is 0. The SMILES string of the molecule is CC(=O)N1CCC[C@@H](Cc2ccc(-c3ccnn3C(C)C)nc2)C1. The number of amides is 1. The molecule has 0 unspecified atom stereocenters. The molecule has 3 rings (SSSR count). The van der Waals surface area contributed by atoms with E-state index in [1.54, 1.807) is 6.92 Å². The molecular formula is C19H26N4O. The third-order valence-electron chi connectivity index (χ3n) is 4.74. The van der Waals surface area contributed by atoms with Crippen LogP contribution >= 0.6 is 0 Å². The summed E-state index contributed by atoms with van der Waals surface area (Å²) in [5.74, 6) is 0.728. The highest BCUT2D eigenvalue weighted by Crippen LogP contribution is 2.23. The Bertz CT molecular complexity index is 690. The summed E-state index contributed by atoms with van der Waals surface area (Å²) in [6.07, 6.45) is 7.07. The summed E-state index contributed by atoms with van der Waals surface area (Å²) in [7, 11) is 0. The third-order valence-corrected chi connectivity index (χ3v) is 4.74. The van der Waals surface area contributed by atoms with Gasteiger partial charge in [-0.15, -0.1) is 0 Å². The molecule has 3 heterocycles. The number of rotatable bonds is 4. The first-order chi connectivity index (χ1) is 11.5. The van der Waals surface area contributed by atoms with Crippen LogP contribution in [0.15, 0.2) is 30.6 Å². The molecule has 2 aromatic rings. The van der Waals surface area contributed by atoms with Gasteiger partial charge in [0.05, 0.1) is 11.4 Å². The third kappa shape index (κ3) is 3.66. The van der Waals surface area contributed by atoms with Crippen LogP contribution in [0.5, 0.6) is 0 Å². The highest BCUT2D eigenvalue weighted by molar-refractivity contribution is 5.73. The fourth-order valence-corrected chi connectivity index (χ4v) is 3.48. The normalized spacial score (nSPS) is 18.2. The molecule has 0 saturated carbocycles. The number of carbonyl (C=O) groups is 1. The average molecular weight is 326 g/mol. The van der Waals surface area contributed by atoms with Gasteiger partial charge in [-0.05, 0) is 56.7 Å². The second-order valence-corrected chi connectivity index (χ2v) is 6.98. The summed E-state index contributed by atoms with van der Waals surface area (Å²) in [4.78, 5) is 18.2. The number of nitrogens with zero attached hydrogens (tertiary/aromatic N) is 4. The Kier molecular flexibility index (Phi) is 4.97. The van der Waals surface area contributed by atoms with E-state index >= 15 is 0 Å². The minimum Gasteiger partial charge on any atom is -0.343 e. The molecule has 0 aromatic carbocycles. The van der Waals surface area contributed by atoms with Gasteiger partial charge in [0.15, 0.2) is 0 Å². The van der Waals surface area contributed by atoms with E-state index in [0.717, 1.165) is 37.3 Å². The number of likely N-dealkylation sites (tertiary alicyclic amines) is 1. The van der Waals surface area contributed by atoms with Crippen molar-refractivity contribution in [2.75, 3.05) is 13.1 Å². The van der Waals surface area contributed by atoms with Gasteiger partial charge in [0.2, 0.25) is 5.91 Å². The van der Waals surface area contributed by atoms with Crippen molar-refractivity contribution in [3.8, 4) is 11.4 Å². The van der Waals surface area contributed by atoms with Crippen molar-refractivity contribution < 1.29 is 4.79 Å². The smallest absolute Gasteiger partial charge is 0.219 e. The lowest BCUT2D eigenvalue weighted by molar-refractivity contribution is -0.130. The maximum atomic E-state index is 11.6. The van der Waals surface area contributed by atoms with Crippen molar-refractivity contribution >= 4 is 5.91 Å². The minimum atomic E-state index is 0.190. The van der Waals surface area contributed by atoms with Crippen LogP contribution in [-0.4, -0.2) is 38.7 Å². The van der Waals surface area contributed by atoms with Gasteiger partial charge >= 0.3 is 0 Å². The van der Waals surface area contributed by atoms with Crippen LogP contribution in [-0.2, 0) is 11.2 Å². The molecule has 5 nitrogen and oxygen atoms in total. The molecule has 5 heteroatoms. The minimum absolute atomic E-state index is 0.190. The van der Waals surface area contributed by atoms with E-state index in [9.17, 15) is 4.79 Å². The molecule has 0 spiro atoms. The zero-order valence-corrected chi connectivity index (χ0v) is 14.8. The van der Waals surface area contributed by atoms with Gasteiger partial charge in [-0.25, -0.2) is 0 Å². The highest BCUT2D eigenvalue weighted by Gasteiger charge is 2.21. The molecular weight excluding hydrogens is 300 g/mol. The lowest BCUT2D eigenvalue weighted by atomic mass is 9.92. The Morgan fingerprint density at radius 3 is 2.83 bits per heavy atom. The number of hydrogen-bond acceptors (Lipinski definition) is 3. The molecule has 128 valence electrons. The molecule has 0 N–H and O–H groups in total. The maximum absolute atomic E-state index is 11.6. The zero-order chi connectivity index (χ0) is 17.1. The van der Waals surface area contributed by atoms with Gasteiger partial charge in [0.25, 0.3) is 0 Å². The fraction of sp³-hybridized carbons (Fsp3) is 0.526. The first-order valence-electron chi connectivity index (χ1n) is 8.79. The van der Waals surface area contributed by atoms with E-state index in [1.165, 1.54) is 12.0 Å². The van der Waals surface area contributed by atoms with Gasteiger partial charge in [-0.3, -0.25) is 14.5 Å². The lowest BCUT2D eigenvalue weighted by Gasteiger charge is -2.32. The number of aromatic nitrogens is 3. The van der Waals surface area contributed by atoms with Gasteiger partial charge < -0.3 is 4.90 Å². The fourth-order valence-electron chi connectivity index (χ4n) is 3.48. The van der Waals surface area contributed by atoms with Crippen molar-refractivity contribution in [1.29, 1.82) is 0 Å². The van der Waals surface area contributed by atoms with Crippen molar-refractivity contribution in [2.45, 2.75) is 46.1 Å². The molecule has 0 aliphatic carbocycles. The standard InChI is InChI=1S/C19H26N4O/c1-14(2)23-19(8-9-21-23)18-7-6-16(12-20-18)11-17-5-4-10-22(13-17)15(3)24/h6-9,12,14,17H,4-5,10-11,13H2,1-3H3/t17-/m0/s1. The first kappa shape index (κ1) is 16.7. The molecule has 1 aliphatic rings. The number of piperidine rings is 1. The molecule has 24 heavy (non-hydrogen) atoms. The molecule has 1 amide bonds. The quantitative estimate of drug-likeness (QED) is 0.866. The largest absolute Gasteiger partial charge is 0.343 e. The van der Waals surface area contributed by atoms with E-state index < -0.39 is 0 Å². The zero-order valence-electron chi connectivity index (χ0n) is 14.8. The summed E-state index contributed by atoms with van der Waals surface area (Å²) in [6, 6.07) is 6.56. The second-order valence-electron chi connectivity index (χ2n) is 6.98. The topological polar surface area (TPSA) is 51.0 Å². The van der Waals surface area contributed by atoms with E-state index in [1.807, 2.05) is 28.0 Å². The lowest BCUT2D eigenvalue weighted by Crippen LogP contribution is -2.39. The van der Waals surface area contributed by atoms with Crippen LogP contribution in [0.2, 0.25) is 0 Å². The Labute approximate surface area is 143 Å². The molecule has 1 atom stereocenters. The number of carbonyl (C=O) groups excluding carboxylic acids is 1. The summed E-state index contributed by atoms with van der Waals surface area (Å²) in [6.45, 7) is 7.68. The van der Waals surface area contributed by atoms with Crippen LogP contribution in [0.25, 0.3) is 11.4 Å². The average Bonchev–Trinajstić information content (AvgIpc) is 3.06. The van der Waals surface area contributed by atoms with Crippen molar-refractivity contribution in [2.24, 2.45) is 5.92 Å². The van der Waals surface area contributed by atoms with Crippen LogP contribution in [0.3, 0.4) is 0 Å². The highest BCUT2D eigenvalue weighted by atomic mass is 16.2. The summed E-state index contributed by atoms with van der Waals surface area (Å²) < 4.78 is 1.99. The molecule has 2 aromatic heterocycles. The Morgan fingerprint density at radius 2 is 2.17 bits per heavy atom. The van der Waals surface area contributed by atoms with E-state index in [4.69, 9.17) is 0 Å². The van der Waals surface area contributed by atoms with Crippen molar-refractivity contribution in [3.05, 3.63) is 36.2 Å². The first-order valence-corrected chi connectivity index (χ1v) is 8.79. The maximum Gasteiger partial charge on any atom is 0.219 e. The Hall–Kier alpha value is -2.17. The molecule has 1 saturated heterocycles. The van der Waals surface area contributed by atoms with E-state index in [0.29, 0.717) is 12.0 Å². The molecule has 0 radical (unpaired) electrons. The van der Waals surface area contributed by atoms with Gasteiger partial charge in [-0.1, -0.05) is 6.07 Å². The van der Waals surface area contributed by atoms with Gasteiger partial charge in [0.1, 0.15) is 0 Å². The predicted octanol–water partition coefficient (Wildman–Crippen LogP) is 3.33. The Balaban J connectivity index is 1.68.